The lowest BCUT2D eigenvalue weighted by Gasteiger charge is -2.39. The van der Waals surface area contributed by atoms with E-state index in [1.54, 1.807) is 0 Å². The highest BCUT2D eigenvalue weighted by Crippen LogP contribution is 2.39. The topological polar surface area (TPSA) is 200 Å². The van der Waals surface area contributed by atoms with Gasteiger partial charge in [-0.25, -0.2) is 0 Å². The van der Waals surface area contributed by atoms with E-state index in [2.05, 4.69) is 0 Å². The van der Waals surface area contributed by atoms with E-state index in [-0.39, 0.29) is 39.5 Å². The second kappa shape index (κ2) is 9.00. The molecular weight excluding hydrogens is 456 g/mol. The molecule has 1 aliphatic rings. The Kier molecular flexibility index (Phi) is 6.25. The molecule has 7 N–H and O–H groups in total. The van der Waals surface area contributed by atoms with Crippen LogP contribution in [0.5, 0.6) is 28.7 Å². The Bertz CT molecular complexity index is 1270. The first kappa shape index (κ1) is 23.6. The number of aliphatic hydroxyl groups excluding tert-OH is 4. The number of fused-ring (bicyclic) bond motifs is 1. The fourth-order valence-corrected chi connectivity index (χ4v) is 3.67. The zero-order valence-electron chi connectivity index (χ0n) is 17.7. The zero-order valence-corrected chi connectivity index (χ0v) is 17.7. The predicted molar refractivity (Wildman–Crippen MR) is 114 cm³/mol. The summed E-state index contributed by atoms with van der Waals surface area (Å²) in [7, 11) is 1.30. The van der Waals surface area contributed by atoms with Gasteiger partial charge < -0.3 is 54.4 Å². The maximum Gasteiger partial charge on any atom is 0.239 e. The molecular formula is C22H22O12. The van der Waals surface area contributed by atoms with E-state index in [1.807, 2.05) is 0 Å². The van der Waals surface area contributed by atoms with Crippen molar-refractivity contribution in [3.8, 4) is 40.1 Å². The molecule has 2 aromatic carbocycles. The molecule has 0 aliphatic carbocycles. The van der Waals surface area contributed by atoms with Gasteiger partial charge in [0.05, 0.1) is 13.7 Å². The number of ether oxygens (including phenoxy) is 3. The van der Waals surface area contributed by atoms with Gasteiger partial charge in [-0.1, -0.05) is 0 Å². The smallest absolute Gasteiger partial charge is 0.239 e. The molecule has 1 aromatic heterocycles. The Morgan fingerprint density at radius 1 is 0.971 bits per heavy atom. The molecule has 1 aliphatic heterocycles. The average Bonchev–Trinajstić information content (AvgIpc) is 2.80. The Balaban J connectivity index is 1.92. The van der Waals surface area contributed by atoms with Crippen molar-refractivity contribution in [2.24, 2.45) is 0 Å². The number of hydrogen-bond donors (Lipinski definition) is 7. The van der Waals surface area contributed by atoms with E-state index >= 15 is 0 Å². The number of phenolic OH excluding ortho intramolecular Hbond substituents is 3. The van der Waals surface area contributed by atoms with Gasteiger partial charge in [-0.3, -0.25) is 4.79 Å². The van der Waals surface area contributed by atoms with Gasteiger partial charge in [-0.15, -0.1) is 0 Å². The lowest BCUT2D eigenvalue weighted by Crippen LogP contribution is -2.60. The van der Waals surface area contributed by atoms with Gasteiger partial charge >= 0.3 is 0 Å². The molecule has 182 valence electrons. The molecule has 0 saturated carbocycles. The SMILES string of the molecule is COc1cc(-c2oc3cc(O)cc(O)c3c(=O)c2OC2O[C@H](CO)[C@@H](O)[C@H](O)[C@H]2O)ccc1O. The molecule has 1 saturated heterocycles. The first-order valence-corrected chi connectivity index (χ1v) is 10.0. The maximum absolute atomic E-state index is 13.3. The summed E-state index contributed by atoms with van der Waals surface area (Å²) in [4.78, 5) is 13.3. The summed E-state index contributed by atoms with van der Waals surface area (Å²) in [5.74, 6) is -2.00. The van der Waals surface area contributed by atoms with Crippen LogP contribution in [0.3, 0.4) is 0 Å². The predicted octanol–water partition coefficient (Wildman–Crippen LogP) is -0.236. The van der Waals surface area contributed by atoms with Gasteiger partial charge in [0, 0.05) is 17.7 Å². The van der Waals surface area contributed by atoms with Crippen LogP contribution < -0.4 is 14.9 Å². The molecule has 4 rings (SSSR count). The van der Waals surface area contributed by atoms with E-state index in [1.165, 1.54) is 25.3 Å². The van der Waals surface area contributed by atoms with Crippen molar-refractivity contribution in [3.63, 3.8) is 0 Å². The van der Waals surface area contributed by atoms with Crippen LogP contribution in [0.4, 0.5) is 0 Å². The fourth-order valence-electron chi connectivity index (χ4n) is 3.67. The number of phenols is 3. The van der Waals surface area contributed by atoms with Crippen molar-refractivity contribution < 1.29 is 54.4 Å². The second-order valence-corrected chi connectivity index (χ2v) is 7.63. The highest BCUT2D eigenvalue weighted by Gasteiger charge is 2.45. The number of methoxy groups -OCH3 is 1. The molecule has 1 fully saturated rings. The zero-order chi connectivity index (χ0) is 24.7. The van der Waals surface area contributed by atoms with E-state index in [0.717, 1.165) is 12.1 Å². The third kappa shape index (κ3) is 3.97. The first-order valence-electron chi connectivity index (χ1n) is 10.0. The number of hydrogen-bond acceptors (Lipinski definition) is 12. The van der Waals surface area contributed by atoms with Crippen LogP contribution in [0.1, 0.15) is 0 Å². The van der Waals surface area contributed by atoms with Crippen LogP contribution >= 0.6 is 0 Å². The second-order valence-electron chi connectivity index (χ2n) is 7.63. The van der Waals surface area contributed by atoms with Gasteiger partial charge in [0.25, 0.3) is 0 Å². The van der Waals surface area contributed by atoms with Crippen LogP contribution in [0, 0.1) is 0 Å². The lowest BCUT2D eigenvalue weighted by molar-refractivity contribution is -0.277. The molecule has 12 heteroatoms. The molecule has 2 heterocycles. The Morgan fingerprint density at radius 2 is 1.71 bits per heavy atom. The summed E-state index contributed by atoms with van der Waals surface area (Å²) in [6.07, 6.45) is -8.29. The highest BCUT2D eigenvalue weighted by atomic mass is 16.7. The summed E-state index contributed by atoms with van der Waals surface area (Å²) in [6.45, 7) is -0.723. The Morgan fingerprint density at radius 3 is 2.38 bits per heavy atom. The van der Waals surface area contributed by atoms with E-state index in [0.29, 0.717) is 0 Å². The molecule has 0 amide bonds. The maximum atomic E-state index is 13.3. The van der Waals surface area contributed by atoms with Crippen LogP contribution in [0.25, 0.3) is 22.3 Å². The minimum Gasteiger partial charge on any atom is -0.508 e. The van der Waals surface area contributed by atoms with Crippen LogP contribution in [0.2, 0.25) is 0 Å². The van der Waals surface area contributed by atoms with Crippen molar-refractivity contribution in [1.82, 2.24) is 0 Å². The lowest BCUT2D eigenvalue weighted by atomic mass is 9.99. The van der Waals surface area contributed by atoms with Gasteiger partial charge in [0.2, 0.25) is 17.5 Å². The highest BCUT2D eigenvalue weighted by molar-refractivity contribution is 5.88. The van der Waals surface area contributed by atoms with Gasteiger partial charge in [0.15, 0.2) is 17.3 Å². The number of rotatable bonds is 5. The van der Waals surface area contributed by atoms with Gasteiger partial charge in [0.1, 0.15) is 46.9 Å². The minimum absolute atomic E-state index is 0.0257. The third-order valence-corrected chi connectivity index (χ3v) is 5.44. The summed E-state index contributed by atoms with van der Waals surface area (Å²) in [5, 5.41) is 69.4. The number of aromatic hydroxyl groups is 3. The van der Waals surface area contributed by atoms with Crippen molar-refractivity contribution in [2.75, 3.05) is 13.7 Å². The Hall–Kier alpha value is -3.55. The number of benzene rings is 2. The molecule has 12 nitrogen and oxygen atoms in total. The van der Waals surface area contributed by atoms with E-state index in [4.69, 9.17) is 18.6 Å². The summed E-state index contributed by atoms with van der Waals surface area (Å²) >= 11 is 0. The summed E-state index contributed by atoms with van der Waals surface area (Å²) in [6, 6.07) is 5.96. The van der Waals surface area contributed by atoms with Crippen LogP contribution in [0.15, 0.2) is 39.5 Å². The van der Waals surface area contributed by atoms with Crippen LogP contribution in [-0.4, -0.2) is 80.2 Å². The molecule has 3 aromatic rings. The molecule has 1 unspecified atom stereocenters. The standard InChI is InChI=1S/C22H22O12/c1-31-12-4-8(2-3-10(12)25)20-21(17(28)15-11(26)5-9(24)6-13(15)32-20)34-22-19(30)18(29)16(27)14(7-23)33-22/h2-6,14,16,18-19,22-27,29-30H,7H2,1H3/t14-,16-,18+,19-,22?/m1/s1. The third-order valence-electron chi connectivity index (χ3n) is 5.44. The van der Waals surface area contributed by atoms with Crippen molar-refractivity contribution in [2.45, 2.75) is 30.7 Å². The molecule has 5 atom stereocenters. The average molecular weight is 478 g/mol. The summed E-state index contributed by atoms with van der Waals surface area (Å²) < 4.78 is 21.8. The fraction of sp³-hybridized carbons (Fsp3) is 0.318. The molecule has 0 radical (unpaired) electrons. The minimum atomic E-state index is -1.83. The van der Waals surface area contributed by atoms with Gasteiger partial charge in [-0.2, -0.15) is 0 Å². The molecule has 34 heavy (non-hydrogen) atoms. The quantitative estimate of drug-likeness (QED) is 0.254. The Labute approximate surface area is 191 Å². The monoisotopic (exact) mass is 478 g/mol. The normalized spacial score (nSPS) is 24.8. The first-order chi connectivity index (χ1) is 16.2. The largest absolute Gasteiger partial charge is 0.508 e. The van der Waals surface area contributed by atoms with Crippen LogP contribution in [-0.2, 0) is 4.74 Å². The molecule has 0 spiro atoms. The van der Waals surface area contributed by atoms with Crippen molar-refractivity contribution >= 4 is 11.0 Å². The van der Waals surface area contributed by atoms with E-state index < -0.39 is 54.2 Å². The van der Waals surface area contributed by atoms with Crippen molar-refractivity contribution in [1.29, 1.82) is 0 Å². The molecule has 0 bridgehead atoms. The van der Waals surface area contributed by atoms with Gasteiger partial charge in [-0.05, 0) is 18.2 Å². The van der Waals surface area contributed by atoms with E-state index in [9.17, 15) is 40.5 Å². The number of aliphatic hydroxyl groups is 4. The summed E-state index contributed by atoms with van der Waals surface area (Å²) in [5.41, 5.74) is -0.959. The van der Waals surface area contributed by atoms with Crippen molar-refractivity contribution in [3.05, 3.63) is 40.6 Å².